The van der Waals surface area contributed by atoms with Crippen molar-refractivity contribution in [3.05, 3.63) is 16.4 Å². The normalized spacial score (nSPS) is 19.2. The molecule has 0 saturated carbocycles. The van der Waals surface area contributed by atoms with Gasteiger partial charge in [-0.1, -0.05) is 0 Å². The van der Waals surface area contributed by atoms with Crippen LogP contribution in [-0.4, -0.2) is 44.6 Å². The fraction of sp³-hybridized carbons (Fsp3) is 0.667. The van der Waals surface area contributed by atoms with Gasteiger partial charge in [0, 0.05) is 6.54 Å². The number of nitrogens with zero attached hydrogens (tertiary/aromatic N) is 3. The molecule has 0 aromatic carbocycles. The molecule has 1 aliphatic rings. The number of hydrogen-bond donors (Lipinski definition) is 1. The van der Waals surface area contributed by atoms with Crippen LogP contribution in [0.25, 0.3) is 0 Å². The second kappa shape index (κ2) is 5.13. The molecule has 1 N–H and O–H groups in total. The molecule has 1 aliphatic heterocycles. The fourth-order valence-corrected chi connectivity index (χ4v) is 2.46. The molecule has 7 heteroatoms. The van der Waals surface area contributed by atoms with Crippen LogP contribution < -0.4 is 0 Å². The summed E-state index contributed by atoms with van der Waals surface area (Å²) < 4.78 is 7.81. The number of fused-ring (bicyclic) bond motifs is 1. The van der Waals surface area contributed by atoms with E-state index in [4.69, 9.17) is 4.74 Å². The molecule has 1 aromatic rings. The number of halogens is 1. The summed E-state index contributed by atoms with van der Waals surface area (Å²) in [6, 6.07) is 1.61. The van der Waals surface area contributed by atoms with Gasteiger partial charge in [0.1, 0.15) is 10.2 Å². The Morgan fingerprint density at radius 1 is 1.63 bits per heavy atom. The molecule has 1 aromatic heterocycles. The fourth-order valence-electron chi connectivity index (χ4n) is 2.03. The average Bonchev–Trinajstić information content (AvgIpc) is 2.65. The molecule has 2 rings (SSSR count). The Labute approximate surface area is 120 Å². The quantitative estimate of drug-likeness (QED) is 0.853. The van der Waals surface area contributed by atoms with Gasteiger partial charge in [0.2, 0.25) is 0 Å². The molecule has 0 spiro atoms. The Balaban J connectivity index is 2.17. The van der Waals surface area contributed by atoms with Crippen LogP contribution in [-0.2, 0) is 11.3 Å². The maximum absolute atomic E-state index is 12.1. The van der Waals surface area contributed by atoms with Crippen molar-refractivity contribution in [2.75, 3.05) is 13.2 Å². The van der Waals surface area contributed by atoms with Crippen molar-refractivity contribution in [1.29, 1.82) is 0 Å². The summed E-state index contributed by atoms with van der Waals surface area (Å²) in [7, 11) is 0. The minimum atomic E-state index is -0.524. The number of rotatable bonds is 1. The molecular weight excluding hydrogens is 314 g/mol. The Morgan fingerprint density at radius 2 is 2.32 bits per heavy atom. The summed E-state index contributed by atoms with van der Waals surface area (Å²) in [6.07, 6.45) is -0.366. The van der Waals surface area contributed by atoms with Crippen molar-refractivity contribution >= 4 is 22.0 Å². The van der Waals surface area contributed by atoms with Crippen LogP contribution in [0.5, 0.6) is 0 Å². The third-order valence-electron chi connectivity index (χ3n) is 2.78. The van der Waals surface area contributed by atoms with Gasteiger partial charge in [-0.2, -0.15) is 5.10 Å². The lowest BCUT2D eigenvalue weighted by Gasteiger charge is -2.34. The molecule has 1 amide bonds. The maximum atomic E-state index is 12.1. The van der Waals surface area contributed by atoms with E-state index in [1.807, 2.05) is 26.8 Å². The van der Waals surface area contributed by atoms with E-state index in [1.165, 1.54) is 0 Å². The molecule has 19 heavy (non-hydrogen) atoms. The van der Waals surface area contributed by atoms with E-state index in [-0.39, 0.29) is 18.7 Å². The van der Waals surface area contributed by atoms with Crippen molar-refractivity contribution in [3.8, 4) is 0 Å². The van der Waals surface area contributed by atoms with E-state index in [2.05, 4.69) is 21.0 Å². The molecule has 0 bridgehead atoms. The predicted octanol–water partition coefficient (Wildman–Crippen LogP) is 1.93. The third kappa shape index (κ3) is 3.27. The van der Waals surface area contributed by atoms with Gasteiger partial charge in [0.15, 0.2) is 0 Å². The largest absolute Gasteiger partial charge is 0.444 e. The van der Waals surface area contributed by atoms with Crippen LogP contribution in [0.3, 0.4) is 0 Å². The molecule has 0 fully saturated rings. The number of aliphatic hydroxyl groups excluding tert-OH is 1. The number of amides is 1. The third-order valence-corrected chi connectivity index (χ3v) is 3.16. The van der Waals surface area contributed by atoms with Crippen LogP contribution in [0.1, 0.15) is 32.5 Å². The highest BCUT2D eigenvalue weighted by Gasteiger charge is 2.31. The number of hydrogen-bond acceptors (Lipinski definition) is 4. The van der Waals surface area contributed by atoms with Crippen LogP contribution in [0.2, 0.25) is 0 Å². The van der Waals surface area contributed by atoms with Crippen molar-refractivity contribution in [2.45, 2.75) is 39.0 Å². The Kier molecular flexibility index (Phi) is 3.87. The van der Waals surface area contributed by atoms with Crippen molar-refractivity contribution in [1.82, 2.24) is 14.7 Å². The number of ether oxygens (including phenoxy) is 1. The van der Waals surface area contributed by atoms with Gasteiger partial charge >= 0.3 is 6.09 Å². The highest BCUT2D eigenvalue weighted by atomic mass is 79.9. The maximum Gasteiger partial charge on any atom is 0.410 e. The van der Waals surface area contributed by atoms with Gasteiger partial charge < -0.3 is 14.7 Å². The van der Waals surface area contributed by atoms with Gasteiger partial charge in [-0.05, 0) is 42.8 Å². The molecule has 1 atom stereocenters. The molecule has 106 valence electrons. The molecule has 0 radical (unpaired) electrons. The Hall–Kier alpha value is -1.08. The van der Waals surface area contributed by atoms with Crippen molar-refractivity contribution in [3.63, 3.8) is 0 Å². The zero-order chi connectivity index (χ0) is 14.2. The summed E-state index contributed by atoms with van der Waals surface area (Å²) in [6.45, 7) is 6.26. The molecule has 6 nitrogen and oxygen atoms in total. The van der Waals surface area contributed by atoms with Crippen LogP contribution in [0.15, 0.2) is 10.7 Å². The van der Waals surface area contributed by atoms with Gasteiger partial charge in [-0.15, -0.1) is 0 Å². The first-order chi connectivity index (χ1) is 8.80. The molecule has 0 saturated heterocycles. The highest BCUT2D eigenvalue weighted by Crippen LogP contribution is 2.24. The number of aliphatic hydroxyl groups is 1. The first kappa shape index (κ1) is 14.3. The topological polar surface area (TPSA) is 67.6 Å². The Bertz CT molecular complexity index is 481. The zero-order valence-corrected chi connectivity index (χ0v) is 12.8. The molecule has 0 aliphatic carbocycles. The minimum absolute atomic E-state index is 0.0690. The van der Waals surface area contributed by atoms with Gasteiger partial charge in [-0.3, -0.25) is 4.68 Å². The van der Waals surface area contributed by atoms with Crippen molar-refractivity contribution < 1.29 is 14.6 Å². The lowest BCUT2D eigenvalue weighted by Crippen LogP contribution is -2.44. The Morgan fingerprint density at radius 3 is 2.89 bits per heavy atom. The predicted molar refractivity (Wildman–Crippen MR) is 72.7 cm³/mol. The number of carbonyl (C=O) groups excluding carboxylic acids is 1. The summed E-state index contributed by atoms with van der Waals surface area (Å²) in [5.74, 6) is 0. The minimum Gasteiger partial charge on any atom is -0.444 e. The van der Waals surface area contributed by atoms with E-state index < -0.39 is 5.60 Å². The van der Waals surface area contributed by atoms with Crippen molar-refractivity contribution in [2.24, 2.45) is 0 Å². The van der Waals surface area contributed by atoms with Crippen LogP contribution >= 0.6 is 15.9 Å². The summed E-state index contributed by atoms with van der Waals surface area (Å²) in [5, 5.41) is 13.7. The van der Waals surface area contributed by atoms with Gasteiger partial charge in [-0.25, -0.2) is 4.79 Å². The summed E-state index contributed by atoms with van der Waals surface area (Å²) in [4.78, 5) is 13.7. The molecule has 1 unspecified atom stereocenters. The van der Waals surface area contributed by atoms with E-state index in [9.17, 15) is 9.90 Å². The zero-order valence-electron chi connectivity index (χ0n) is 11.3. The monoisotopic (exact) mass is 331 g/mol. The van der Waals surface area contributed by atoms with Gasteiger partial charge in [0.25, 0.3) is 0 Å². The van der Waals surface area contributed by atoms with E-state index >= 15 is 0 Å². The lowest BCUT2D eigenvalue weighted by atomic mass is 10.2. The lowest BCUT2D eigenvalue weighted by molar-refractivity contribution is 0.0129. The second-order valence-corrected chi connectivity index (χ2v) is 6.41. The van der Waals surface area contributed by atoms with E-state index in [1.54, 1.807) is 9.58 Å². The van der Waals surface area contributed by atoms with E-state index in [0.717, 1.165) is 5.69 Å². The first-order valence-corrected chi connectivity index (χ1v) is 6.92. The van der Waals surface area contributed by atoms with Crippen LogP contribution in [0.4, 0.5) is 4.79 Å². The van der Waals surface area contributed by atoms with Gasteiger partial charge in [0.05, 0.1) is 24.9 Å². The smallest absolute Gasteiger partial charge is 0.410 e. The highest BCUT2D eigenvalue weighted by molar-refractivity contribution is 9.10. The summed E-state index contributed by atoms with van der Waals surface area (Å²) in [5.41, 5.74) is 0.354. The standard InChI is InChI=1S/C12H18BrN3O3/c1-12(2,3)19-11(18)15-5-8-4-10(13)14-16(8)9(6-15)7-17/h4,9,17H,5-7H2,1-3H3. The molecule has 2 heterocycles. The SMILES string of the molecule is CC(C)(C)OC(=O)N1Cc2cc(Br)nn2C(CO)C1. The number of aromatic nitrogens is 2. The first-order valence-electron chi connectivity index (χ1n) is 6.13. The second-order valence-electron chi connectivity index (χ2n) is 5.60. The molecular formula is C12H18BrN3O3. The van der Waals surface area contributed by atoms with E-state index in [0.29, 0.717) is 17.7 Å². The average molecular weight is 332 g/mol. The van der Waals surface area contributed by atoms with Crippen LogP contribution in [0, 0.1) is 0 Å². The summed E-state index contributed by atoms with van der Waals surface area (Å²) >= 11 is 3.31. The number of carbonyl (C=O) groups is 1.